The molecule has 0 aromatic heterocycles. The van der Waals surface area contributed by atoms with Gasteiger partial charge in [-0.15, -0.1) is 11.6 Å². The van der Waals surface area contributed by atoms with Gasteiger partial charge < -0.3 is 24.8 Å². The van der Waals surface area contributed by atoms with Crippen LogP contribution in [0.2, 0.25) is 0 Å². The topological polar surface area (TPSA) is 0 Å². The van der Waals surface area contributed by atoms with E-state index in [4.69, 9.17) is 0 Å². The van der Waals surface area contributed by atoms with Crippen molar-refractivity contribution >= 4 is 14.4 Å². The van der Waals surface area contributed by atoms with Crippen LogP contribution in [-0.4, -0.2) is 3.21 Å². The Hall–Kier alpha value is -1.40. The molecular formula is C45H54Cl2Zr-2. The van der Waals surface area contributed by atoms with Crippen molar-refractivity contribution in [1.29, 1.82) is 0 Å². The molecule has 0 N–H and O–H groups in total. The van der Waals surface area contributed by atoms with Crippen molar-refractivity contribution in [1.82, 2.24) is 0 Å². The van der Waals surface area contributed by atoms with Gasteiger partial charge in [0.05, 0.1) is 0 Å². The average Bonchev–Trinajstić information content (AvgIpc) is 3.67. The zero-order chi connectivity index (χ0) is 32.9. The van der Waals surface area contributed by atoms with Gasteiger partial charge in [-0.05, 0) is 114 Å². The summed E-state index contributed by atoms with van der Waals surface area (Å²) in [4.78, 5) is 0. The Morgan fingerprint density at radius 3 is 1.77 bits per heavy atom. The fourth-order valence-corrected chi connectivity index (χ4v) is 10.8. The van der Waals surface area contributed by atoms with Crippen LogP contribution in [0.4, 0.5) is 0 Å². The predicted molar refractivity (Wildman–Crippen MR) is 194 cm³/mol. The van der Waals surface area contributed by atoms with Crippen LogP contribution in [0.5, 0.6) is 0 Å². The number of fused-ring (bicyclic) bond motifs is 5. The zero-order valence-electron chi connectivity index (χ0n) is 30.9. The molecule has 3 aromatic carbocycles. The number of hydrogen-bond acceptors (Lipinski definition) is 0. The third-order valence-corrected chi connectivity index (χ3v) is 12.8. The van der Waals surface area contributed by atoms with E-state index in [9.17, 15) is 0 Å². The molecule has 3 aromatic rings. The Morgan fingerprint density at radius 1 is 0.729 bits per heavy atom. The molecule has 4 fully saturated rings. The molecule has 4 saturated carbocycles. The van der Waals surface area contributed by atoms with Gasteiger partial charge in [0.25, 0.3) is 0 Å². The Labute approximate surface area is 319 Å². The number of hydrogen-bond donors (Lipinski definition) is 0. The van der Waals surface area contributed by atoms with Crippen LogP contribution in [0.1, 0.15) is 139 Å². The van der Waals surface area contributed by atoms with Crippen LogP contribution in [0.15, 0.2) is 48.5 Å². The maximum absolute atomic E-state index is 3.65. The summed E-state index contributed by atoms with van der Waals surface area (Å²) in [5.74, 6) is 4.14. The summed E-state index contributed by atoms with van der Waals surface area (Å²) in [6.45, 7) is 22.7. The molecule has 7 aliphatic rings. The first-order valence-corrected chi connectivity index (χ1v) is 19.2. The number of aryl methyl sites for hydroxylation is 1. The van der Waals surface area contributed by atoms with Gasteiger partial charge in [0.15, 0.2) is 0 Å². The van der Waals surface area contributed by atoms with E-state index in [0.29, 0.717) is 5.41 Å². The number of halogens is 2. The van der Waals surface area contributed by atoms with Crippen molar-refractivity contribution < 1.29 is 49.0 Å². The smallest absolute Gasteiger partial charge is 0.0407 e. The third-order valence-electron chi connectivity index (χ3n) is 12.8. The summed E-state index contributed by atoms with van der Waals surface area (Å²) < 4.78 is 1.51. The first-order chi connectivity index (χ1) is 21.6. The summed E-state index contributed by atoms with van der Waals surface area (Å²) in [7, 11) is 0. The van der Waals surface area contributed by atoms with Crippen LogP contribution in [0.3, 0.4) is 0 Å². The van der Waals surface area contributed by atoms with Gasteiger partial charge >= 0.3 is 41.3 Å². The molecule has 0 radical (unpaired) electrons. The van der Waals surface area contributed by atoms with Crippen molar-refractivity contribution in [2.45, 2.75) is 124 Å². The van der Waals surface area contributed by atoms with Gasteiger partial charge in [-0.1, -0.05) is 77.5 Å². The Bertz CT molecular complexity index is 1690. The second-order valence-electron chi connectivity index (χ2n) is 17.5. The average molecular weight is 757 g/mol. The Kier molecular flexibility index (Phi) is 10.5. The molecule has 0 amide bonds. The quantitative estimate of drug-likeness (QED) is 0.221. The molecule has 48 heavy (non-hydrogen) atoms. The van der Waals surface area contributed by atoms with Crippen LogP contribution in [-0.2, 0) is 46.9 Å². The van der Waals surface area contributed by atoms with Crippen molar-refractivity contribution in [3.05, 3.63) is 99.1 Å². The van der Waals surface area contributed by atoms with E-state index in [1.165, 1.54) is 90.1 Å². The molecule has 0 aliphatic heterocycles. The molecule has 0 spiro atoms. The molecule has 0 atom stereocenters. The van der Waals surface area contributed by atoms with Gasteiger partial charge in [-0.25, -0.2) is 11.6 Å². The number of benzene rings is 2. The SMILES string of the molecule is CC1=[C-]C(C)(C)c2cc3c(cc21)-c1cc2c(cc1C3)C(C)(C)C=C2C.C[C](C)=[Zr+2].Cc1cc(C2(C)C3CC4CC(C3)CC2C4)c[cH-]1.[Cl-].[Cl-]. The first-order valence-electron chi connectivity index (χ1n) is 18.0. The maximum Gasteiger partial charge on any atom is -0.0407 e. The zero-order valence-corrected chi connectivity index (χ0v) is 34.9. The summed E-state index contributed by atoms with van der Waals surface area (Å²) in [6, 6.07) is 17.0. The molecule has 10 rings (SSSR count). The minimum Gasteiger partial charge on any atom is -1.00 e. The first kappa shape index (κ1) is 37.8. The van der Waals surface area contributed by atoms with Crippen molar-refractivity contribution in [2.24, 2.45) is 23.7 Å². The standard InChI is InChI=1S/C25H25.C17H23.C3H6.2ClH.Zr/c1-14-12-24(3,4)22-8-16-7-17-9-23-19(15(2)13-25(23,5)6)11-21(17)20(16)10-18(14)22;1-11-3-4-14(5-11)17(2)15-7-12-6-13(9-15)10-16(17)8-12;1-3-2;;;/h8-12H,7H2,1-6H3;3-5,12-13,15-16H,6-10H2,1-2H3;1-2H3;2*1H;/q2*-1;;;;+2/p-2. The minimum atomic E-state index is 0. The largest absolute Gasteiger partial charge is 1.00 e. The van der Waals surface area contributed by atoms with Crippen LogP contribution >= 0.6 is 0 Å². The molecule has 3 heteroatoms. The fourth-order valence-electron chi connectivity index (χ4n) is 10.8. The minimum absolute atomic E-state index is 0. The van der Waals surface area contributed by atoms with E-state index >= 15 is 0 Å². The van der Waals surface area contributed by atoms with Gasteiger partial charge in [0.2, 0.25) is 0 Å². The van der Waals surface area contributed by atoms with Gasteiger partial charge in [-0.2, -0.15) is 28.8 Å². The predicted octanol–water partition coefficient (Wildman–Crippen LogP) is 5.63. The maximum atomic E-state index is 3.65. The van der Waals surface area contributed by atoms with Crippen molar-refractivity contribution in [3.63, 3.8) is 0 Å². The van der Waals surface area contributed by atoms with Crippen LogP contribution in [0, 0.1) is 36.7 Å². The van der Waals surface area contributed by atoms with Gasteiger partial charge in [-0.3, -0.25) is 6.08 Å². The van der Waals surface area contributed by atoms with Crippen LogP contribution < -0.4 is 24.8 Å². The molecule has 254 valence electrons. The van der Waals surface area contributed by atoms with Gasteiger partial charge in [0.1, 0.15) is 0 Å². The molecule has 0 unspecified atom stereocenters. The molecular weight excluding hydrogens is 703 g/mol. The third kappa shape index (κ3) is 6.35. The van der Waals surface area contributed by atoms with E-state index < -0.39 is 0 Å². The second-order valence-corrected chi connectivity index (χ2v) is 19.9. The second kappa shape index (κ2) is 13.3. The van der Waals surface area contributed by atoms with E-state index in [2.05, 4.69) is 124 Å². The van der Waals surface area contributed by atoms with Crippen molar-refractivity contribution in [3.8, 4) is 11.1 Å². The molecule has 0 heterocycles. The summed E-state index contributed by atoms with van der Waals surface area (Å²) in [5.41, 5.74) is 18.2. The normalized spacial score (nSPS) is 28.2. The monoisotopic (exact) mass is 754 g/mol. The summed E-state index contributed by atoms with van der Waals surface area (Å²) in [5, 5.41) is 0. The molecule has 7 aliphatic carbocycles. The van der Waals surface area contributed by atoms with E-state index in [1.54, 1.807) is 36.2 Å². The van der Waals surface area contributed by atoms with E-state index in [-0.39, 0.29) is 35.6 Å². The number of allylic oxidation sites excluding steroid dienone is 4. The Balaban J connectivity index is 0.000000171. The molecule has 4 bridgehead atoms. The molecule has 0 saturated heterocycles. The fraction of sp³-hybridized carbons (Fsp3) is 0.511. The van der Waals surface area contributed by atoms with E-state index in [0.717, 1.165) is 30.1 Å². The summed E-state index contributed by atoms with van der Waals surface area (Å²) >= 11 is 1.55. The van der Waals surface area contributed by atoms with Crippen molar-refractivity contribution in [2.75, 3.05) is 0 Å². The summed E-state index contributed by atoms with van der Waals surface area (Å²) in [6.07, 6.45) is 14.8. The van der Waals surface area contributed by atoms with E-state index in [1.807, 2.05) is 0 Å². The molecule has 0 nitrogen and oxygen atoms in total. The van der Waals surface area contributed by atoms with Crippen LogP contribution in [0.25, 0.3) is 22.3 Å². The van der Waals surface area contributed by atoms with Gasteiger partial charge in [0, 0.05) is 5.41 Å². The number of rotatable bonds is 1. The Morgan fingerprint density at radius 2 is 1.25 bits per heavy atom.